The second-order valence-electron chi connectivity index (χ2n) is 4.68. The van der Waals surface area contributed by atoms with Gasteiger partial charge in [-0.25, -0.2) is 9.97 Å². The fourth-order valence-corrected chi connectivity index (χ4v) is 1.89. The molecule has 1 rings (SSSR count). The lowest BCUT2D eigenvalue weighted by Crippen LogP contribution is -2.38. The molecule has 1 aromatic heterocycles. The minimum absolute atomic E-state index is 1.20. The Hall–Kier alpha value is -1.62. The molecular weight excluding hydrogens is 465 g/mol. The summed E-state index contributed by atoms with van der Waals surface area (Å²) < 4.78 is 189. The maximum absolute atomic E-state index is 13.2. The minimum Gasteiger partial charge on any atom is -0.221 e. The van der Waals surface area contributed by atoms with Crippen molar-refractivity contribution in [1.29, 1.82) is 0 Å². The van der Waals surface area contributed by atoms with Crippen LogP contribution in [0.4, 0.5) is 65.9 Å². The van der Waals surface area contributed by atoms with Crippen molar-refractivity contribution in [2.75, 3.05) is 0 Å². The van der Waals surface area contributed by atoms with Crippen molar-refractivity contribution in [2.45, 2.75) is 40.8 Å². The molecule has 0 saturated heterocycles. The highest BCUT2D eigenvalue weighted by atomic mass is 32.2. The fourth-order valence-electron chi connectivity index (χ4n) is 1.26. The van der Waals surface area contributed by atoms with Gasteiger partial charge in [0.15, 0.2) is 5.16 Å². The third-order valence-electron chi connectivity index (χ3n) is 2.61. The number of halogens is 15. The summed E-state index contributed by atoms with van der Waals surface area (Å²) in [5.41, 5.74) is -5.98. The first kappa shape index (κ1) is 24.4. The minimum atomic E-state index is -6.67. The van der Waals surface area contributed by atoms with Crippen molar-refractivity contribution < 1.29 is 65.9 Å². The van der Waals surface area contributed by atoms with E-state index in [1.807, 2.05) is 9.97 Å². The van der Waals surface area contributed by atoms with E-state index in [1.165, 1.54) is 0 Å². The predicted molar refractivity (Wildman–Crippen MR) is 58.8 cm³/mol. The lowest BCUT2D eigenvalue weighted by molar-refractivity contribution is -0.294. The molecule has 162 valence electrons. The van der Waals surface area contributed by atoms with Crippen molar-refractivity contribution in [3.8, 4) is 0 Å². The van der Waals surface area contributed by atoms with Crippen LogP contribution in [0.15, 0.2) is 11.2 Å². The van der Waals surface area contributed by atoms with E-state index in [9.17, 15) is 65.9 Å². The van der Waals surface area contributed by atoms with E-state index in [-0.39, 0.29) is 0 Å². The molecule has 2 nitrogen and oxygen atoms in total. The van der Waals surface area contributed by atoms with E-state index in [4.69, 9.17) is 0 Å². The smallest absolute Gasteiger partial charge is 0.221 e. The van der Waals surface area contributed by atoms with E-state index in [2.05, 4.69) is 0 Å². The van der Waals surface area contributed by atoms with Crippen LogP contribution in [0.2, 0.25) is 0 Å². The Bertz CT molecular complexity index is 673. The Balaban J connectivity index is 3.71. The first-order valence-corrected chi connectivity index (χ1v) is 6.78. The molecule has 0 saturated carbocycles. The second-order valence-corrected chi connectivity index (χ2v) is 5.76. The van der Waals surface area contributed by atoms with Crippen LogP contribution in [0.5, 0.6) is 0 Å². The van der Waals surface area contributed by atoms with Gasteiger partial charge in [-0.2, -0.15) is 65.9 Å². The van der Waals surface area contributed by atoms with Crippen LogP contribution >= 0.6 is 11.8 Å². The molecule has 0 aliphatic heterocycles. The molecule has 28 heavy (non-hydrogen) atoms. The van der Waals surface area contributed by atoms with Gasteiger partial charge in [-0.15, -0.1) is 0 Å². The topological polar surface area (TPSA) is 25.8 Å². The Morgan fingerprint density at radius 3 is 1.11 bits per heavy atom. The second kappa shape index (κ2) is 6.72. The van der Waals surface area contributed by atoms with Gasteiger partial charge in [0, 0.05) is 0 Å². The zero-order valence-corrected chi connectivity index (χ0v) is 12.9. The van der Waals surface area contributed by atoms with Crippen LogP contribution in [0, 0.1) is 0 Å². The molecular formula is C10HF15N2S. The summed E-state index contributed by atoms with van der Waals surface area (Å²) >= 11 is -2.05. The highest BCUT2D eigenvalue weighted by molar-refractivity contribution is 8.00. The van der Waals surface area contributed by atoms with Crippen molar-refractivity contribution >= 4 is 11.8 Å². The van der Waals surface area contributed by atoms with Gasteiger partial charge in [-0.3, -0.25) is 0 Å². The van der Waals surface area contributed by atoms with Gasteiger partial charge in [0.1, 0.15) is 11.4 Å². The standard InChI is InChI=1S/C10HF15N2S/c11-5(12,7(15,16)17)2-1-3(6(13,14)8(18,19)20)27-4(26-2)28-10(24,25)9(21,22)23/h1H. The van der Waals surface area contributed by atoms with Gasteiger partial charge in [0.2, 0.25) is 0 Å². The fraction of sp³-hybridized carbons (Fsp3) is 0.600. The van der Waals surface area contributed by atoms with Crippen LogP contribution in [0.25, 0.3) is 0 Å². The Morgan fingerprint density at radius 2 is 0.857 bits per heavy atom. The molecule has 0 aliphatic carbocycles. The largest absolute Gasteiger partial charge is 0.464 e. The molecule has 1 heterocycles. The summed E-state index contributed by atoms with van der Waals surface area (Å²) in [5, 5.41) is -8.55. The zero-order valence-electron chi connectivity index (χ0n) is 12.0. The number of alkyl halides is 15. The lowest BCUT2D eigenvalue weighted by Gasteiger charge is -2.24. The van der Waals surface area contributed by atoms with E-state index in [1.54, 1.807) is 0 Å². The molecule has 0 radical (unpaired) electrons. The molecule has 0 amide bonds. The summed E-state index contributed by atoms with van der Waals surface area (Å²) in [5.74, 6) is -12.6. The van der Waals surface area contributed by atoms with Gasteiger partial charge >= 0.3 is 35.6 Å². The van der Waals surface area contributed by atoms with Gasteiger partial charge in [-0.1, -0.05) is 0 Å². The number of hydrogen-bond donors (Lipinski definition) is 0. The molecule has 1 aromatic rings. The average molecular weight is 466 g/mol. The Kier molecular flexibility index (Phi) is 5.86. The average Bonchev–Trinajstić information content (AvgIpc) is 2.42. The van der Waals surface area contributed by atoms with Crippen LogP contribution in [-0.2, 0) is 11.8 Å². The first-order valence-electron chi connectivity index (χ1n) is 5.96. The van der Waals surface area contributed by atoms with Crippen molar-refractivity contribution in [3.05, 3.63) is 17.5 Å². The summed E-state index contributed by atoms with van der Waals surface area (Å²) in [6.07, 6.45) is -19.8. The van der Waals surface area contributed by atoms with E-state index >= 15 is 0 Å². The van der Waals surface area contributed by atoms with Gasteiger partial charge in [0.05, 0.1) is 0 Å². The van der Waals surface area contributed by atoms with Gasteiger partial charge in [0.25, 0.3) is 0 Å². The quantitative estimate of drug-likeness (QED) is 0.308. The lowest BCUT2D eigenvalue weighted by atomic mass is 10.1. The predicted octanol–water partition coefficient (Wildman–Crippen LogP) is 6.03. The maximum atomic E-state index is 13.2. The molecule has 0 bridgehead atoms. The van der Waals surface area contributed by atoms with Crippen molar-refractivity contribution in [1.82, 2.24) is 9.97 Å². The van der Waals surface area contributed by atoms with Crippen LogP contribution in [0.1, 0.15) is 11.4 Å². The number of rotatable bonds is 4. The molecule has 0 spiro atoms. The number of thioether (sulfide) groups is 1. The summed E-state index contributed by atoms with van der Waals surface area (Å²) in [6, 6.07) is -1.20. The van der Waals surface area contributed by atoms with E-state index < -0.39 is 70.0 Å². The molecule has 0 atom stereocenters. The Morgan fingerprint density at radius 1 is 0.536 bits per heavy atom. The first-order chi connectivity index (χ1) is 12.0. The normalized spacial score (nSPS) is 15.1. The van der Waals surface area contributed by atoms with Crippen molar-refractivity contribution in [3.63, 3.8) is 0 Å². The van der Waals surface area contributed by atoms with Crippen LogP contribution in [-0.4, -0.2) is 33.8 Å². The molecule has 18 heteroatoms. The number of hydrogen-bond acceptors (Lipinski definition) is 3. The van der Waals surface area contributed by atoms with Crippen LogP contribution < -0.4 is 0 Å². The summed E-state index contributed by atoms with van der Waals surface area (Å²) in [6.45, 7) is 0. The molecule has 0 aromatic carbocycles. The van der Waals surface area contributed by atoms with E-state index in [0.29, 0.717) is 0 Å². The molecule has 0 N–H and O–H groups in total. The third-order valence-corrected chi connectivity index (χ3v) is 3.46. The highest BCUT2D eigenvalue weighted by Gasteiger charge is 2.64. The maximum Gasteiger partial charge on any atom is 0.464 e. The zero-order chi connectivity index (χ0) is 22.6. The molecule has 0 fully saturated rings. The number of nitrogens with zero attached hydrogens (tertiary/aromatic N) is 2. The summed E-state index contributed by atoms with van der Waals surface area (Å²) in [4.78, 5) is 3.93. The van der Waals surface area contributed by atoms with E-state index in [0.717, 1.165) is 0 Å². The molecule has 0 aliphatic rings. The monoisotopic (exact) mass is 466 g/mol. The number of aromatic nitrogens is 2. The highest BCUT2D eigenvalue weighted by Crippen LogP contribution is 2.50. The molecule has 0 unspecified atom stereocenters. The van der Waals surface area contributed by atoms with Gasteiger partial charge in [-0.05, 0) is 17.8 Å². The SMILES string of the molecule is FC(F)(F)C(F)(F)Sc1nc(C(F)(F)C(F)(F)F)cc(C(F)(F)C(F)(F)F)n1. The van der Waals surface area contributed by atoms with Gasteiger partial charge < -0.3 is 0 Å². The summed E-state index contributed by atoms with van der Waals surface area (Å²) in [7, 11) is 0. The van der Waals surface area contributed by atoms with Crippen molar-refractivity contribution in [2.24, 2.45) is 0 Å². The van der Waals surface area contributed by atoms with Crippen LogP contribution in [0.3, 0.4) is 0 Å². The Labute approximate surface area is 147 Å². The third kappa shape index (κ3) is 4.51.